The molecule has 21 heavy (non-hydrogen) atoms. The van der Waals surface area contributed by atoms with Crippen LogP contribution in [0.25, 0.3) is 6.08 Å². The predicted molar refractivity (Wildman–Crippen MR) is 87.5 cm³/mol. The van der Waals surface area contributed by atoms with Crippen LogP contribution in [0.15, 0.2) is 23.6 Å². The summed E-state index contributed by atoms with van der Waals surface area (Å²) in [7, 11) is 4.07. The second-order valence-electron chi connectivity index (χ2n) is 5.53. The molecule has 1 amide bonds. The van der Waals surface area contributed by atoms with E-state index in [9.17, 15) is 4.79 Å². The highest BCUT2D eigenvalue weighted by Gasteiger charge is 2.24. The molecule has 1 aromatic rings. The first kappa shape index (κ1) is 16.2. The molecule has 0 aliphatic carbocycles. The average molecular weight is 308 g/mol. The molecule has 0 bridgehead atoms. The van der Waals surface area contributed by atoms with E-state index in [1.165, 1.54) is 0 Å². The topological polar surface area (TPSA) is 32.8 Å². The summed E-state index contributed by atoms with van der Waals surface area (Å²) in [5, 5.41) is 2.02. The molecule has 1 aliphatic heterocycles. The summed E-state index contributed by atoms with van der Waals surface area (Å²) in [6.45, 7) is 3.16. The van der Waals surface area contributed by atoms with Gasteiger partial charge >= 0.3 is 0 Å². The van der Waals surface area contributed by atoms with Gasteiger partial charge in [0.05, 0.1) is 0 Å². The second-order valence-corrected chi connectivity index (χ2v) is 6.51. The molecule has 0 N–H and O–H groups in total. The standard InChI is InChI=1S/C16H24N2O2S/c1-17(2)9-10-18(14-7-11-20-12-8-14)16(19)6-5-15-4-3-13-21-15/h3-6,13-14H,7-12H2,1-2H3. The molecule has 1 fully saturated rings. The first-order valence-corrected chi connectivity index (χ1v) is 8.29. The van der Waals surface area contributed by atoms with Crippen LogP contribution in [0.3, 0.4) is 0 Å². The highest BCUT2D eigenvalue weighted by Crippen LogP contribution is 2.16. The van der Waals surface area contributed by atoms with E-state index in [2.05, 4.69) is 4.90 Å². The van der Waals surface area contributed by atoms with E-state index in [0.29, 0.717) is 6.04 Å². The Labute approximate surface area is 131 Å². The van der Waals surface area contributed by atoms with Gasteiger partial charge in [-0.3, -0.25) is 4.79 Å². The lowest BCUT2D eigenvalue weighted by Crippen LogP contribution is -2.45. The van der Waals surface area contributed by atoms with Gasteiger partial charge in [-0.05, 0) is 44.5 Å². The lowest BCUT2D eigenvalue weighted by atomic mass is 10.1. The zero-order valence-corrected chi connectivity index (χ0v) is 13.6. The van der Waals surface area contributed by atoms with Crippen molar-refractivity contribution < 1.29 is 9.53 Å². The highest BCUT2D eigenvalue weighted by atomic mass is 32.1. The molecule has 5 heteroatoms. The molecule has 0 atom stereocenters. The first-order valence-electron chi connectivity index (χ1n) is 7.41. The van der Waals surface area contributed by atoms with Crippen LogP contribution in [-0.4, -0.2) is 62.1 Å². The number of likely N-dealkylation sites (N-methyl/N-ethyl adjacent to an activating group) is 1. The Balaban J connectivity index is 2.00. The third-order valence-corrected chi connectivity index (χ3v) is 4.47. The van der Waals surface area contributed by atoms with Gasteiger partial charge in [0.1, 0.15) is 0 Å². The molecule has 0 unspecified atom stereocenters. The third-order valence-electron chi connectivity index (χ3n) is 3.64. The van der Waals surface area contributed by atoms with Gasteiger partial charge in [-0.1, -0.05) is 6.07 Å². The minimum atomic E-state index is 0.108. The van der Waals surface area contributed by atoms with Crippen molar-refractivity contribution in [3.63, 3.8) is 0 Å². The van der Waals surface area contributed by atoms with Crippen molar-refractivity contribution in [2.45, 2.75) is 18.9 Å². The van der Waals surface area contributed by atoms with Crippen LogP contribution < -0.4 is 0 Å². The Bertz CT molecular complexity index is 451. The Morgan fingerprint density at radius 3 is 2.76 bits per heavy atom. The van der Waals surface area contributed by atoms with Crippen LogP contribution in [0.5, 0.6) is 0 Å². The molecule has 0 saturated carbocycles. The number of rotatable bonds is 6. The van der Waals surface area contributed by atoms with Gasteiger partial charge in [0.15, 0.2) is 0 Å². The van der Waals surface area contributed by atoms with Crippen molar-refractivity contribution in [3.8, 4) is 0 Å². The van der Waals surface area contributed by atoms with Crippen LogP contribution in [0.4, 0.5) is 0 Å². The molecule has 116 valence electrons. The van der Waals surface area contributed by atoms with E-state index in [4.69, 9.17) is 4.74 Å². The molecular weight excluding hydrogens is 284 g/mol. The molecule has 1 aromatic heterocycles. The quantitative estimate of drug-likeness (QED) is 0.756. The zero-order chi connectivity index (χ0) is 15.1. The lowest BCUT2D eigenvalue weighted by Gasteiger charge is -2.34. The number of hydrogen-bond acceptors (Lipinski definition) is 4. The molecular formula is C16H24N2O2S. The van der Waals surface area contributed by atoms with Crippen molar-refractivity contribution in [3.05, 3.63) is 28.5 Å². The molecule has 1 aliphatic rings. The van der Waals surface area contributed by atoms with Crippen LogP contribution in [0.1, 0.15) is 17.7 Å². The maximum absolute atomic E-state index is 12.5. The molecule has 0 radical (unpaired) electrons. The van der Waals surface area contributed by atoms with E-state index < -0.39 is 0 Å². The Morgan fingerprint density at radius 1 is 1.38 bits per heavy atom. The van der Waals surface area contributed by atoms with Gasteiger partial charge in [0.25, 0.3) is 0 Å². The zero-order valence-electron chi connectivity index (χ0n) is 12.8. The summed E-state index contributed by atoms with van der Waals surface area (Å²) >= 11 is 1.64. The fourth-order valence-electron chi connectivity index (χ4n) is 2.41. The Morgan fingerprint density at radius 2 is 2.14 bits per heavy atom. The maximum atomic E-state index is 12.5. The van der Waals surface area contributed by atoms with E-state index in [0.717, 1.165) is 44.0 Å². The van der Waals surface area contributed by atoms with E-state index in [1.807, 2.05) is 42.6 Å². The average Bonchev–Trinajstić information content (AvgIpc) is 2.99. The van der Waals surface area contributed by atoms with Crippen molar-refractivity contribution in [1.82, 2.24) is 9.80 Å². The molecule has 4 nitrogen and oxygen atoms in total. The number of amides is 1. The smallest absolute Gasteiger partial charge is 0.246 e. The first-order chi connectivity index (χ1) is 10.2. The summed E-state index contributed by atoms with van der Waals surface area (Å²) in [6, 6.07) is 4.32. The monoisotopic (exact) mass is 308 g/mol. The van der Waals surface area contributed by atoms with Crippen molar-refractivity contribution in [2.75, 3.05) is 40.4 Å². The van der Waals surface area contributed by atoms with Gasteiger partial charge in [-0.2, -0.15) is 0 Å². The summed E-state index contributed by atoms with van der Waals surface area (Å²) in [5.41, 5.74) is 0. The number of hydrogen-bond donors (Lipinski definition) is 0. The number of thiophene rings is 1. The Kier molecular flexibility index (Phi) is 6.42. The number of carbonyl (C=O) groups is 1. The van der Waals surface area contributed by atoms with E-state index in [-0.39, 0.29) is 5.91 Å². The summed E-state index contributed by atoms with van der Waals surface area (Å²) in [5.74, 6) is 0.108. The minimum Gasteiger partial charge on any atom is -0.381 e. The molecule has 2 heterocycles. The van der Waals surface area contributed by atoms with Gasteiger partial charge in [0.2, 0.25) is 5.91 Å². The summed E-state index contributed by atoms with van der Waals surface area (Å²) < 4.78 is 5.41. The predicted octanol–water partition coefficient (Wildman–Crippen LogP) is 2.33. The van der Waals surface area contributed by atoms with Crippen molar-refractivity contribution in [1.29, 1.82) is 0 Å². The third kappa shape index (κ3) is 5.26. The van der Waals surface area contributed by atoms with Crippen LogP contribution >= 0.6 is 11.3 Å². The van der Waals surface area contributed by atoms with Crippen molar-refractivity contribution in [2.24, 2.45) is 0 Å². The normalized spacial score (nSPS) is 16.7. The molecule has 0 spiro atoms. The van der Waals surface area contributed by atoms with Gasteiger partial charge in [-0.25, -0.2) is 0 Å². The van der Waals surface area contributed by atoms with E-state index in [1.54, 1.807) is 17.4 Å². The molecule has 1 saturated heterocycles. The fraction of sp³-hybridized carbons (Fsp3) is 0.562. The second kappa shape index (κ2) is 8.32. The highest BCUT2D eigenvalue weighted by molar-refractivity contribution is 7.10. The fourth-order valence-corrected chi connectivity index (χ4v) is 3.03. The molecule has 2 rings (SSSR count). The van der Waals surface area contributed by atoms with Gasteiger partial charge in [-0.15, -0.1) is 11.3 Å². The van der Waals surface area contributed by atoms with Gasteiger partial charge in [0, 0.05) is 43.3 Å². The van der Waals surface area contributed by atoms with Crippen molar-refractivity contribution >= 4 is 23.3 Å². The largest absolute Gasteiger partial charge is 0.381 e. The number of nitrogens with zero attached hydrogens (tertiary/aromatic N) is 2. The minimum absolute atomic E-state index is 0.108. The summed E-state index contributed by atoms with van der Waals surface area (Å²) in [4.78, 5) is 17.8. The number of carbonyl (C=O) groups excluding carboxylic acids is 1. The summed E-state index contributed by atoms with van der Waals surface area (Å²) in [6.07, 6.45) is 5.49. The lowest BCUT2D eigenvalue weighted by molar-refractivity contribution is -0.130. The number of ether oxygens (including phenoxy) is 1. The van der Waals surface area contributed by atoms with Crippen LogP contribution in [0, 0.1) is 0 Å². The Hall–Kier alpha value is -1.17. The van der Waals surface area contributed by atoms with Crippen LogP contribution in [-0.2, 0) is 9.53 Å². The van der Waals surface area contributed by atoms with Crippen LogP contribution in [0.2, 0.25) is 0 Å². The SMILES string of the molecule is CN(C)CCN(C(=O)C=Cc1cccs1)C1CCOCC1. The van der Waals surface area contributed by atoms with Gasteiger partial charge < -0.3 is 14.5 Å². The van der Waals surface area contributed by atoms with E-state index >= 15 is 0 Å². The maximum Gasteiger partial charge on any atom is 0.246 e. The molecule has 0 aromatic carbocycles.